The minimum Gasteiger partial charge on any atom is -0.379 e. The lowest BCUT2D eigenvalue weighted by Crippen LogP contribution is -2.30. The van der Waals surface area contributed by atoms with E-state index >= 15 is 0 Å². The highest BCUT2D eigenvalue weighted by Crippen LogP contribution is 2.13. The summed E-state index contributed by atoms with van der Waals surface area (Å²) in [4.78, 5) is 0. The van der Waals surface area contributed by atoms with E-state index in [9.17, 15) is 0 Å². The van der Waals surface area contributed by atoms with Crippen molar-refractivity contribution in [3.8, 4) is 0 Å². The van der Waals surface area contributed by atoms with E-state index in [1.165, 1.54) is 0 Å². The zero-order valence-electron chi connectivity index (χ0n) is 8.18. The zero-order valence-corrected chi connectivity index (χ0v) is 9.76. The van der Waals surface area contributed by atoms with Crippen LogP contribution in [0.5, 0.6) is 0 Å². The molecule has 12 heavy (non-hydrogen) atoms. The van der Waals surface area contributed by atoms with Crippen LogP contribution in [0.25, 0.3) is 0 Å². The van der Waals surface area contributed by atoms with E-state index in [0.29, 0.717) is 0 Å². The van der Waals surface area contributed by atoms with Gasteiger partial charge in [0.25, 0.3) is 0 Å². The van der Waals surface area contributed by atoms with Gasteiger partial charge in [-0.3, -0.25) is 0 Å². The molecule has 0 rings (SSSR count). The van der Waals surface area contributed by atoms with Crippen LogP contribution >= 0.6 is 15.9 Å². The van der Waals surface area contributed by atoms with Gasteiger partial charge in [0.05, 0.1) is 12.2 Å². The normalized spacial score (nSPS) is 16.0. The molecule has 74 valence electrons. The van der Waals surface area contributed by atoms with Crippen molar-refractivity contribution in [3.63, 3.8) is 0 Å². The lowest BCUT2D eigenvalue weighted by atomic mass is 10.1. The Hall–Kier alpha value is 0.400. The van der Waals surface area contributed by atoms with Crippen LogP contribution in [0.3, 0.4) is 0 Å². The summed E-state index contributed by atoms with van der Waals surface area (Å²) in [6.07, 6.45) is 3.70. The number of hydrogen-bond donors (Lipinski definition) is 0. The molecule has 0 aromatic carbocycles. The van der Waals surface area contributed by atoms with Gasteiger partial charge in [0.2, 0.25) is 0 Å². The molecule has 0 spiro atoms. The molecule has 0 N–H and O–H groups in total. The molecular formula is C9H19BrO2. The Morgan fingerprint density at radius 2 is 1.58 bits per heavy atom. The third-order valence-electron chi connectivity index (χ3n) is 1.99. The molecule has 0 aliphatic rings. The molecule has 0 bridgehead atoms. The Kier molecular flexibility index (Phi) is 8.29. The van der Waals surface area contributed by atoms with E-state index in [0.717, 1.165) is 24.6 Å². The van der Waals surface area contributed by atoms with Crippen molar-refractivity contribution < 1.29 is 9.47 Å². The third kappa shape index (κ3) is 4.43. The Morgan fingerprint density at radius 3 is 1.92 bits per heavy atom. The Bertz CT molecular complexity index is 86.5. The fourth-order valence-corrected chi connectivity index (χ4v) is 1.75. The SMILES string of the molecule is CCCC(OC)C(CCBr)OC. The first kappa shape index (κ1) is 12.4. The Morgan fingerprint density at radius 1 is 1.08 bits per heavy atom. The maximum atomic E-state index is 5.35. The van der Waals surface area contributed by atoms with Crippen molar-refractivity contribution in [1.82, 2.24) is 0 Å². The smallest absolute Gasteiger partial charge is 0.0840 e. The van der Waals surface area contributed by atoms with Crippen LogP contribution in [0, 0.1) is 0 Å². The second-order valence-electron chi connectivity index (χ2n) is 2.81. The second-order valence-corrected chi connectivity index (χ2v) is 3.61. The number of hydrogen-bond acceptors (Lipinski definition) is 2. The molecule has 3 heteroatoms. The van der Waals surface area contributed by atoms with Crippen molar-refractivity contribution in [2.75, 3.05) is 19.5 Å². The van der Waals surface area contributed by atoms with Gasteiger partial charge in [-0.2, -0.15) is 0 Å². The first-order valence-corrected chi connectivity index (χ1v) is 5.53. The van der Waals surface area contributed by atoms with Crippen LogP contribution in [0.2, 0.25) is 0 Å². The predicted octanol–water partition coefficient (Wildman–Crippen LogP) is 2.60. The van der Waals surface area contributed by atoms with E-state index in [-0.39, 0.29) is 12.2 Å². The highest BCUT2D eigenvalue weighted by molar-refractivity contribution is 9.09. The van der Waals surface area contributed by atoms with Crippen molar-refractivity contribution >= 4 is 15.9 Å². The molecule has 0 aromatic rings. The molecule has 2 unspecified atom stereocenters. The molecule has 0 radical (unpaired) electrons. The quantitative estimate of drug-likeness (QED) is 0.636. The highest BCUT2D eigenvalue weighted by Gasteiger charge is 2.18. The predicted molar refractivity (Wildman–Crippen MR) is 54.9 cm³/mol. The molecule has 0 fully saturated rings. The maximum absolute atomic E-state index is 5.35. The summed E-state index contributed by atoms with van der Waals surface area (Å²) in [7, 11) is 3.50. The minimum absolute atomic E-state index is 0.231. The van der Waals surface area contributed by atoms with Gasteiger partial charge in [-0.25, -0.2) is 0 Å². The van der Waals surface area contributed by atoms with Gasteiger partial charge in [-0.1, -0.05) is 29.3 Å². The first-order chi connectivity index (χ1) is 5.79. The largest absolute Gasteiger partial charge is 0.379 e. The van der Waals surface area contributed by atoms with Crippen molar-refractivity contribution in [2.24, 2.45) is 0 Å². The topological polar surface area (TPSA) is 18.5 Å². The lowest BCUT2D eigenvalue weighted by molar-refractivity contribution is -0.0404. The minimum atomic E-state index is 0.231. The number of alkyl halides is 1. The average Bonchev–Trinajstić information content (AvgIpc) is 2.11. The molecule has 0 aliphatic carbocycles. The van der Waals surface area contributed by atoms with E-state index < -0.39 is 0 Å². The average molecular weight is 239 g/mol. The van der Waals surface area contributed by atoms with E-state index in [1.54, 1.807) is 14.2 Å². The van der Waals surface area contributed by atoms with Crippen molar-refractivity contribution in [1.29, 1.82) is 0 Å². The number of methoxy groups -OCH3 is 2. The maximum Gasteiger partial charge on any atom is 0.0840 e. The summed E-state index contributed by atoms with van der Waals surface area (Å²) < 4.78 is 10.7. The van der Waals surface area contributed by atoms with Gasteiger partial charge < -0.3 is 9.47 Å². The Labute approximate surface area is 83.8 Å². The van der Waals surface area contributed by atoms with Gasteiger partial charge in [0.15, 0.2) is 0 Å². The van der Waals surface area contributed by atoms with E-state index in [2.05, 4.69) is 22.9 Å². The molecule has 2 atom stereocenters. The summed E-state index contributed by atoms with van der Waals surface area (Å²) in [5.74, 6) is 0. The van der Waals surface area contributed by atoms with Crippen molar-refractivity contribution in [2.45, 2.75) is 38.4 Å². The van der Waals surface area contributed by atoms with Crippen molar-refractivity contribution in [3.05, 3.63) is 0 Å². The van der Waals surface area contributed by atoms with E-state index in [4.69, 9.17) is 9.47 Å². The second kappa shape index (κ2) is 8.02. The summed E-state index contributed by atoms with van der Waals surface area (Å²) >= 11 is 3.40. The fourth-order valence-electron chi connectivity index (χ4n) is 1.30. The van der Waals surface area contributed by atoms with Gasteiger partial charge in [-0.05, 0) is 12.8 Å². The Balaban J connectivity index is 3.84. The van der Waals surface area contributed by atoms with Crippen LogP contribution in [0.4, 0.5) is 0 Å². The highest BCUT2D eigenvalue weighted by atomic mass is 79.9. The fraction of sp³-hybridized carbons (Fsp3) is 1.00. The van der Waals surface area contributed by atoms with Crippen LogP contribution in [0.15, 0.2) is 0 Å². The molecule has 0 amide bonds. The lowest BCUT2D eigenvalue weighted by Gasteiger charge is -2.23. The molecule has 0 saturated carbocycles. The number of ether oxygens (including phenoxy) is 2. The molecule has 2 nitrogen and oxygen atoms in total. The third-order valence-corrected chi connectivity index (χ3v) is 2.44. The summed E-state index contributed by atoms with van der Waals surface area (Å²) in [5, 5.41) is 0.967. The molecule has 0 aliphatic heterocycles. The number of halogens is 1. The summed E-state index contributed by atoms with van der Waals surface area (Å²) in [5.41, 5.74) is 0. The van der Waals surface area contributed by atoms with Crippen LogP contribution in [-0.2, 0) is 9.47 Å². The van der Waals surface area contributed by atoms with Crippen LogP contribution in [-0.4, -0.2) is 31.8 Å². The molecular weight excluding hydrogens is 220 g/mol. The van der Waals surface area contributed by atoms with Gasteiger partial charge >= 0.3 is 0 Å². The van der Waals surface area contributed by atoms with Gasteiger partial charge in [-0.15, -0.1) is 0 Å². The summed E-state index contributed by atoms with van der Waals surface area (Å²) in [6.45, 7) is 2.16. The molecule has 0 aromatic heterocycles. The first-order valence-electron chi connectivity index (χ1n) is 4.41. The standard InChI is InChI=1S/C9H19BrO2/c1-4-5-8(11-2)9(12-3)6-7-10/h8-9H,4-7H2,1-3H3. The van der Waals surface area contributed by atoms with Gasteiger partial charge in [0.1, 0.15) is 0 Å². The van der Waals surface area contributed by atoms with E-state index in [1.807, 2.05) is 0 Å². The van der Waals surface area contributed by atoms with Crippen LogP contribution in [0.1, 0.15) is 26.2 Å². The molecule has 0 heterocycles. The monoisotopic (exact) mass is 238 g/mol. The van der Waals surface area contributed by atoms with Gasteiger partial charge in [0, 0.05) is 19.5 Å². The van der Waals surface area contributed by atoms with Crippen LogP contribution < -0.4 is 0 Å². The molecule has 0 saturated heterocycles. The zero-order chi connectivity index (χ0) is 9.40. The summed E-state index contributed by atoms with van der Waals surface area (Å²) in [6, 6.07) is 0. The number of rotatable bonds is 7.